The standard InChI is InChI=1S/C11H14FNO/c12-9-4-5-10(13-7-9)11(14)6-8-2-1-3-8/h4-5,7-8,11,14H,1-3,6H2. The van der Waals surface area contributed by atoms with Gasteiger partial charge in [-0.05, 0) is 24.5 Å². The minimum Gasteiger partial charge on any atom is -0.387 e. The predicted octanol–water partition coefficient (Wildman–Crippen LogP) is 2.44. The molecule has 1 atom stereocenters. The average Bonchev–Trinajstić information content (AvgIpc) is 2.12. The highest BCUT2D eigenvalue weighted by molar-refractivity contribution is 5.08. The monoisotopic (exact) mass is 195 g/mol. The van der Waals surface area contributed by atoms with Crippen LogP contribution in [0.2, 0.25) is 0 Å². The maximum absolute atomic E-state index is 12.5. The zero-order chi connectivity index (χ0) is 9.97. The third-order valence-corrected chi connectivity index (χ3v) is 2.87. The second kappa shape index (κ2) is 4.05. The maximum atomic E-state index is 12.5. The highest BCUT2D eigenvalue weighted by atomic mass is 19.1. The molecule has 0 radical (unpaired) electrons. The predicted molar refractivity (Wildman–Crippen MR) is 51.1 cm³/mol. The minimum atomic E-state index is -0.527. The summed E-state index contributed by atoms with van der Waals surface area (Å²) in [6, 6.07) is 2.89. The molecule has 0 amide bonds. The highest BCUT2D eigenvalue weighted by Gasteiger charge is 2.22. The first-order valence-corrected chi connectivity index (χ1v) is 5.05. The molecule has 1 N–H and O–H groups in total. The van der Waals surface area contributed by atoms with Gasteiger partial charge in [0.05, 0.1) is 18.0 Å². The zero-order valence-electron chi connectivity index (χ0n) is 7.99. The van der Waals surface area contributed by atoms with Crippen molar-refractivity contribution >= 4 is 0 Å². The number of aliphatic hydroxyl groups is 1. The molecule has 1 aliphatic rings. The quantitative estimate of drug-likeness (QED) is 0.803. The summed E-state index contributed by atoms with van der Waals surface area (Å²) in [4.78, 5) is 3.86. The highest BCUT2D eigenvalue weighted by Crippen LogP contribution is 2.34. The first-order valence-electron chi connectivity index (χ1n) is 5.05. The van der Waals surface area contributed by atoms with E-state index in [2.05, 4.69) is 4.98 Å². The van der Waals surface area contributed by atoms with Crippen LogP contribution in [-0.4, -0.2) is 10.1 Å². The van der Waals surface area contributed by atoms with Gasteiger partial charge < -0.3 is 5.11 Å². The number of halogens is 1. The molecule has 0 spiro atoms. The normalized spacial score (nSPS) is 19.0. The molecule has 0 aliphatic heterocycles. The number of rotatable bonds is 3. The summed E-state index contributed by atoms with van der Waals surface area (Å²) >= 11 is 0. The first-order chi connectivity index (χ1) is 6.75. The van der Waals surface area contributed by atoms with Gasteiger partial charge in [-0.2, -0.15) is 0 Å². The van der Waals surface area contributed by atoms with Crippen molar-refractivity contribution in [1.82, 2.24) is 4.98 Å². The van der Waals surface area contributed by atoms with Crippen LogP contribution in [0.1, 0.15) is 37.5 Å². The summed E-state index contributed by atoms with van der Waals surface area (Å²) in [7, 11) is 0. The fraction of sp³-hybridized carbons (Fsp3) is 0.545. The van der Waals surface area contributed by atoms with Crippen LogP contribution in [0.3, 0.4) is 0 Å². The van der Waals surface area contributed by atoms with Gasteiger partial charge in [-0.3, -0.25) is 4.98 Å². The number of nitrogens with zero attached hydrogens (tertiary/aromatic N) is 1. The summed E-state index contributed by atoms with van der Waals surface area (Å²) in [6.07, 6.45) is 5.07. The van der Waals surface area contributed by atoms with Crippen LogP contribution in [0.5, 0.6) is 0 Å². The molecule has 1 heterocycles. The summed E-state index contributed by atoms with van der Waals surface area (Å²) in [5.41, 5.74) is 0.582. The molecule has 14 heavy (non-hydrogen) atoms. The van der Waals surface area contributed by atoms with Crippen LogP contribution in [0.15, 0.2) is 18.3 Å². The van der Waals surface area contributed by atoms with E-state index in [1.807, 2.05) is 0 Å². The van der Waals surface area contributed by atoms with Gasteiger partial charge in [0.2, 0.25) is 0 Å². The van der Waals surface area contributed by atoms with E-state index in [0.717, 1.165) is 12.6 Å². The van der Waals surface area contributed by atoms with Gasteiger partial charge in [-0.15, -0.1) is 0 Å². The van der Waals surface area contributed by atoms with Crippen LogP contribution in [0.4, 0.5) is 4.39 Å². The summed E-state index contributed by atoms with van der Waals surface area (Å²) < 4.78 is 12.5. The van der Waals surface area contributed by atoms with Crippen molar-refractivity contribution in [3.63, 3.8) is 0 Å². The lowest BCUT2D eigenvalue weighted by molar-refractivity contribution is 0.115. The summed E-state index contributed by atoms with van der Waals surface area (Å²) in [5, 5.41) is 9.76. The Morgan fingerprint density at radius 1 is 1.50 bits per heavy atom. The van der Waals surface area contributed by atoms with Crippen molar-refractivity contribution in [1.29, 1.82) is 0 Å². The molecule has 1 fully saturated rings. The molecule has 0 saturated heterocycles. The molecule has 1 aliphatic carbocycles. The number of aromatic nitrogens is 1. The van der Waals surface area contributed by atoms with E-state index >= 15 is 0 Å². The first kappa shape index (κ1) is 9.59. The lowest BCUT2D eigenvalue weighted by atomic mass is 9.81. The van der Waals surface area contributed by atoms with E-state index in [1.54, 1.807) is 6.07 Å². The molecule has 76 valence electrons. The maximum Gasteiger partial charge on any atom is 0.141 e. The molecule has 2 rings (SSSR count). The number of aliphatic hydroxyl groups excluding tert-OH is 1. The molecule has 0 aromatic carbocycles. The Kier molecular flexibility index (Phi) is 2.77. The molecular formula is C11H14FNO. The molecule has 0 bridgehead atoms. The second-order valence-corrected chi connectivity index (χ2v) is 3.95. The zero-order valence-corrected chi connectivity index (χ0v) is 7.99. The van der Waals surface area contributed by atoms with Crippen molar-refractivity contribution < 1.29 is 9.50 Å². The molecule has 2 nitrogen and oxygen atoms in total. The van der Waals surface area contributed by atoms with E-state index in [1.165, 1.54) is 25.3 Å². The number of hydrogen-bond acceptors (Lipinski definition) is 2. The smallest absolute Gasteiger partial charge is 0.141 e. The van der Waals surface area contributed by atoms with Gasteiger partial charge in [0.15, 0.2) is 0 Å². The minimum absolute atomic E-state index is 0.357. The Labute approximate surface area is 82.8 Å². The van der Waals surface area contributed by atoms with E-state index < -0.39 is 6.10 Å². The largest absolute Gasteiger partial charge is 0.387 e. The van der Waals surface area contributed by atoms with Crippen LogP contribution >= 0.6 is 0 Å². The Bertz CT molecular complexity index is 295. The van der Waals surface area contributed by atoms with E-state index in [4.69, 9.17) is 0 Å². The topological polar surface area (TPSA) is 33.1 Å². The van der Waals surface area contributed by atoms with Crippen molar-refractivity contribution in [3.05, 3.63) is 29.8 Å². The van der Waals surface area contributed by atoms with Gasteiger partial charge in [-0.25, -0.2) is 4.39 Å². The van der Waals surface area contributed by atoms with E-state index in [-0.39, 0.29) is 5.82 Å². The fourth-order valence-electron chi connectivity index (χ4n) is 1.75. The lowest BCUT2D eigenvalue weighted by Gasteiger charge is -2.27. The lowest BCUT2D eigenvalue weighted by Crippen LogP contribution is -2.15. The summed E-state index contributed by atoms with van der Waals surface area (Å²) in [5.74, 6) is 0.279. The SMILES string of the molecule is OC(CC1CCC1)c1ccc(F)cn1. The average molecular weight is 195 g/mol. The van der Waals surface area contributed by atoms with Crippen LogP contribution in [0, 0.1) is 11.7 Å². The van der Waals surface area contributed by atoms with Gasteiger partial charge in [0.1, 0.15) is 5.82 Å². The van der Waals surface area contributed by atoms with Crippen molar-refractivity contribution in [2.45, 2.75) is 31.8 Å². The molecule has 1 aromatic rings. The molecule has 1 unspecified atom stereocenters. The van der Waals surface area contributed by atoms with Crippen LogP contribution in [0.25, 0.3) is 0 Å². The Hall–Kier alpha value is -0.960. The van der Waals surface area contributed by atoms with Gasteiger partial charge in [-0.1, -0.05) is 19.3 Å². The second-order valence-electron chi connectivity index (χ2n) is 3.95. The van der Waals surface area contributed by atoms with Gasteiger partial charge in [0, 0.05) is 0 Å². The Morgan fingerprint density at radius 2 is 2.29 bits per heavy atom. The van der Waals surface area contributed by atoms with Crippen LogP contribution in [-0.2, 0) is 0 Å². The van der Waals surface area contributed by atoms with E-state index in [9.17, 15) is 9.50 Å². The van der Waals surface area contributed by atoms with E-state index in [0.29, 0.717) is 11.6 Å². The Balaban J connectivity index is 1.95. The summed E-state index contributed by atoms with van der Waals surface area (Å²) in [6.45, 7) is 0. The third-order valence-electron chi connectivity index (χ3n) is 2.87. The van der Waals surface area contributed by atoms with Crippen molar-refractivity contribution in [2.24, 2.45) is 5.92 Å². The van der Waals surface area contributed by atoms with Crippen LogP contribution < -0.4 is 0 Å². The Morgan fingerprint density at radius 3 is 2.79 bits per heavy atom. The number of pyridine rings is 1. The van der Waals surface area contributed by atoms with Crippen molar-refractivity contribution in [2.75, 3.05) is 0 Å². The van der Waals surface area contributed by atoms with Gasteiger partial charge >= 0.3 is 0 Å². The number of hydrogen-bond donors (Lipinski definition) is 1. The molecule has 1 saturated carbocycles. The molecule has 3 heteroatoms. The molecule has 1 aromatic heterocycles. The molecular weight excluding hydrogens is 181 g/mol. The van der Waals surface area contributed by atoms with Gasteiger partial charge in [0.25, 0.3) is 0 Å². The third kappa shape index (κ3) is 2.10. The van der Waals surface area contributed by atoms with Crippen molar-refractivity contribution in [3.8, 4) is 0 Å². The fourth-order valence-corrected chi connectivity index (χ4v) is 1.75.